The third-order valence-electron chi connectivity index (χ3n) is 2.86. The van der Waals surface area contributed by atoms with E-state index in [2.05, 4.69) is 5.32 Å². The van der Waals surface area contributed by atoms with E-state index in [4.69, 9.17) is 10.5 Å². The smallest absolute Gasteiger partial charge is 0.257 e. The van der Waals surface area contributed by atoms with Crippen LogP contribution in [-0.2, 0) is 0 Å². The maximum Gasteiger partial charge on any atom is 0.257 e. The Morgan fingerprint density at radius 3 is 2.65 bits per heavy atom. The van der Waals surface area contributed by atoms with Crippen LogP contribution in [0, 0.1) is 12.7 Å². The van der Waals surface area contributed by atoms with Crippen molar-refractivity contribution < 1.29 is 13.9 Å². The molecule has 2 rings (SSSR count). The maximum atomic E-state index is 13.1. The first-order valence-electron chi connectivity index (χ1n) is 6.02. The zero-order chi connectivity index (χ0) is 14.7. The summed E-state index contributed by atoms with van der Waals surface area (Å²) in [7, 11) is 1.41. The third-order valence-corrected chi connectivity index (χ3v) is 2.86. The number of carbonyl (C=O) groups excluding carboxylic acids is 1. The number of methoxy groups -OCH3 is 1. The predicted molar refractivity (Wildman–Crippen MR) is 76.5 cm³/mol. The Labute approximate surface area is 116 Å². The van der Waals surface area contributed by atoms with Gasteiger partial charge in [-0.3, -0.25) is 4.79 Å². The summed E-state index contributed by atoms with van der Waals surface area (Å²) in [6, 6.07) is 9.06. The van der Waals surface area contributed by atoms with Crippen LogP contribution in [0.15, 0.2) is 36.4 Å². The van der Waals surface area contributed by atoms with Crippen LogP contribution in [0.2, 0.25) is 0 Å². The molecule has 2 aromatic carbocycles. The number of rotatable bonds is 3. The molecular formula is C15H15FN2O2. The number of nitrogens with one attached hydrogen (secondary N) is 1. The summed E-state index contributed by atoms with van der Waals surface area (Å²) in [6.45, 7) is 1.89. The van der Waals surface area contributed by atoms with E-state index >= 15 is 0 Å². The molecular weight excluding hydrogens is 259 g/mol. The Morgan fingerprint density at radius 1 is 1.25 bits per heavy atom. The highest BCUT2D eigenvalue weighted by atomic mass is 19.1. The fourth-order valence-electron chi connectivity index (χ4n) is 1.85. The summed E-state index contributed by atoms with van der Waals surface area (Å²) >= 11 is 0. The second-order valence-electron chi connectivity index (χ2n) is 4.39. The third kappa shape index (κ3) is 2.88. The number of nitrogen functional groups attached to an aromatic ring is 1. The van der Waals surface area contributed by atoms with Crippen molar-refractivity contribution in [3.05, 3.63) is 53.3 Å². The first kappa shape index (κ1) is 13.9. The van der Waals surface area contributed by atoms with Crippen LogP contribution in [-0.4, -0.2) is 13.0 Å². The molecule has 0 heterocycles. The Morgan fingerprint density at radius 2 is 2.00 bits per heavy atom. The van der Waals surface area contributed by atoms with Gasteiger partial charge in [-0.05, 0) is 36.8 Å². The van der Waals surface area contributed by atoms with E-state index in [1.807, 2.05) is 6.92 Å². The molecule has 0 saturated heterocycles. The molecule has 2 aromatic rings. The van der Waals surface area contributed by atoms with Crippen molar-refractivity contribution in [1.29, 1.82) is 0 Å². The van der Waals surface area contributed by atoms with Crippen molar-refractivity contribution in [2.24, 2.45) is 0 Å². The molecule has 5 heteroatoms. The van der Waals surface area contributed by atoms with Crippen molar-refractivity contribution in [3.8, 4) is 5.75 Å². The highest BCUT2D eigenvalue weighted by Crippen LogP contribution is 2.26. The molecule has 0 aliphatic carbocycles. The first-order chi connectivity index (χ1) is 9.51. The molecule has 0 aliphatic heterocycles. The molecule has 0 bridgehead atoms. The summed E-state index contributed by atoms with van der Waals surface area (Å²) in [6.07, 6.45) is 0. The van der Waals surface area contributed by atoms with E-state index in [9.17, 15) is 9.18 Å². The van der Waals surface area contributed by atoms with Gasteiger partial charge in [0.05, 0.1) is 18.4 Å². The quantitative estimate of drug-likeness (QED) is 0.846. The van der Waals surface area contributed by atoms with Crippen molar-refractivity contribution in [2.45, 2.75) is 6.92 Å². The Bertz CT molecular complexity index is 656. The molecule has 0 radical (unpaired) electrons. The van der Waals surface area contributed by atoms with Gasteiger partial charge in [0.25, 0.3) is 5.91 Å². The lowest BCUT2D eigenvalue weighted by molar-refractivity contribution is 0.102. The molecule has 0 spiro atoms. The molecule has 104 valence electrons. The molecule has 3 N–H and O–H groups in total. The van der Waals surface area contributed by atoms with Gasteiger partial charge in [-0.25, -0.2) is 4.39 Å². The lowest BCUT2D eigenvalue weighted by Crippen LogP contribution is -2.14. The van der Waals surface area contributed by atoms with Crippen molar-refractivity contribution >= 4 is 17.3 Å². The molecule has 0 unspecified atom stereocenters. The normalized spacial score (nSPS) is 10.2. The predicted octanol–water partition coefficient (Wildman–Crippen LogP) is 2.98. The maximum absolute atomic E-state index is 13.1. The monoisotopic (exact) mass is 274 g/mol. The molecule has 0 fully saturated rings. The van der Waals surface area contributed by atoms with Gasteiger partial charge >= 0.3 is 0 Å². The molecule has 0 aromatic heterocycles. The van der Waals surface area contributed by atoms with Crippen LogP contribution in [0.4, 0.5) is 15.8 Å². The minimum atomic E-state index is -0.435. The van der Waals surface area contributed by atoms with Crippen LogP contribution in [0.5, 0.6) is 5.75 Å². The SMILES string of the molecule is COc1cc(F)ccc1NC(=O)c1ccc(C)cc1N. The minimum Gasteiger partial charge on any atom is -0.494 e. The van der Waals surface area contributed by atoms with Gasteiger partial charge in [0.2, 0.25) is 0 Å². The molecule has 20 heavy (non-hydrogen) atoms. The van der Waals surface area contributed by atoms with Gasteiger partial charge in [0, 0.05) is 11.8 Å². The lowest BCUT2D eigenvalue weighted by Gasteiger charge is -2.11. The van der Waals surface area contributed by atoms with Gasteiger partial charge < -0.3 is 15.8 Å². The number of carbonyl (C=O) groups is 1. The van der Waals surface area contributed by atoms with Gasteiger partial charge in [0.15, 0.2) is 0 Å². The summed E-state index contributed by atoms with van der Waals surface area (Å²) in [4.78, 5) is 12.2. The second-order valence-corrected chi connectivity index (χ2v) is 4.39. The number of hydrogen-bond acceptors (Lipinski definition) is 3. The van der Waals surface area contributed by atoms with Gasteiger partial charge in [-0.15, -0.1) is 0 Å². The Kier molecular flexibility index (Phi) is 3.89. The minimum absolute atomic E-state index is 0.254. The highest BCUT2D eigenvalue weighted by molar-refractivity contribution is 6.08. The average Bonchev–Trinajstić information content (AvgIpc) is 2.40. The fourth-order valence-corrected chi connectivity index (χ4v) is 1.85. The van der Waals surface area contributed by atoms with E-state index in [-0.39, 0.29) is 11.7 Å². The van der Waals surface area contributed by atoms with Crippen LogP contribution in [0.3, 0.4) is 0 Å². The van der Waals surface area contributed by atoms with E-state index in [0.717, 1.165) is 5.56 Å². The fraction of sp³-hybridized carbons (Fsp3) is 0.133. The van der Waals surface area contributed by atoms with Crippen LogP contribution in [0.1, 0.15) is 15.9 Å². The standard InChI is InChI=1S/C15H15FN2O2/c1-9-3-5-11(12(17)7-9)15(19)18-13-6-4-10(16)8-14(13)20-2/h3-8H,17H2,1-2H3,(H,18,19). The second kappa shape index (κ2) is 5.61. The van der Waals surface area contributed by atoms with Crippen molar-refractivity contribution in [1.82, 2.24) is 0 Å². The molecule has 1 amide bonds. The number of hydrogen-bond donors (Lipinski definition) is 2. The van der Waals surface area contributed by atoms with Crippen LogP contribution >= 0.6 is 0 Å². The van der Waals surface area contributed by atoms with Gasteiger partial charge in [-0.1, -0.05) is 6.07 Å². The summed E-state index contributed by atoms with van der Waals surface area (Å²) < 4.78 is 18.1. The van der Waals surface area contributed by atoms with E-state index in [1.54, 1.807) is 18.2 Å². The number of benzene rings is 2. The molecule has 0 saturated carbocycles. The number of ether oxygens (including phenoxy) is 1. The Hall–Kier alpha value is -2.56. The zero-order valence-electron chi connectivity index (χ0n) is 11.2. The summed E-state index contributed by atoms with van der Waals surface area (Å²) in [5.74, 6) is -0.550. The van der Waals surface area contributed by atoms with Crippen molar-refractivity contribution in [3.63, 3.8) is 0 Å². The first-order valence-corrected chi connectivity index (χ1v) is 6.02. The van der Waals surface area contributed by atoms with E-state index in [0.29, 0.717) is 16.9 Å². The largest absolute Gasteiger partial charge is 0.494 e. The average molecular weight is 274 g/mol. The lowest BCUT2D eigenvalue weighted by atomic mass is 10.1. The number of amides is 1. The number of anilines is 2. The molecule has 0 aliphatic rings. The van der Waals surface area contributed by atoms with E-state index < -0.39 is 5.82 Å². The molecule has 0 atom stereocenters. The summed E-state index contributed by atoms with van der Waals surface area (Å²) in [5.41, 5.74) is 7.93. The van der Waals surface area contributed by atoms with Gasteiger partial charge in [0.1, 0.15) is 11.6 Å². The van der Waals surface area contributed by atoms with Crippen LogP contribution < -0.4 is 15.8 Å². The zero-order valence-corrected chi connectivity index (χ0v) is 11.2. The number of aryl methyl sites for hydroxylation is 1. The molecule has 4 nitrogen and oxygen atoms in total. The number of halogens is 1. The van der Waals surface area contributed by atoms with E-state index in [1.165, 1.54) is 25.3 Å². The number of nitrogens with two attached hydrogens (primary N) is 1. The Balaban J connectivity index is 2.28. The summed E-state index contributed by atoms with van der Waals surface area (Å²) in [5, 5.41) is 2.65. The van der Waals surface area contributed by atoms with Crippen molar-refractivity contribution in [2.75, 3.05) is 18.2 Å². The topological polar surface area (TPSA) is 64.3 Å². The van der Waals surface area contributed by atoms with Crippen LogP contribution in [0.25, 0.3) is 0 Å². The van der Waals surface area contributed by atoms with Gasteiger partial charge in [-0.2, -0.15) is 0 Å². The highest BCUT2D eigenvalue weighted by Gasteiger charge is 2.13.